The fourth-order valence-electron chi connectivity index (χ4n) is 1.08. The molecule has 0 saturated carbocycles. The molecule has 0 N–H and O–H groups in total. The van der Waals surface area contributed by atoms with Crippen molar-refractivity contribution in [3.05, 3.63) is 34.6 Å². The van der Waals surface area contributed by atoms with E-state index in [1.54, 1.807) is 0 Å². The second kappa shape index (κ2) is 5.86. The molecule has 0 aliphatic rings. The van der Waals surface area contributed by atoms with Crippen molar-refractivity contribution in [3.63, 3.8) is 0 Å². The second-order valence-electron chi connectivity index (χ2n) is 3.27. The van der Waals surface area contributed by atoms with Gasteiger partial charge in [-0.05, 0) is 12.1 Å². The molecule has 18 heavy (non-hydrogen) atoms. The van der Waals surface area contributed by atoms with Crippen LogP contribution in [0.15, 0.2) is 18.3 Å². The number of halogens is 4. The summed E-state index contributed by atoms with van der Waals surface area (Å²) in [5, 5.41) is -0.133. The maximum Gasteiger partial charge on any atom is 0.417 e. The summed E-state index contributed by atoms with van der Waals surface area (Å²) in [6, 6.07) is 0.784. The van der Waals surface area contributed by atoms with Crippen LogP contribution in [0, 0.1) is 0 Å². The molecule has 0 fully saturated rings. The number of ether oxygens (including phenoxy) is 1. The third kappa shape index (κ3) is 4.03. The van der Waals surface area contributed by atoms with E-state index in [1.807, 2.05) is 0 Å². The van der Waals surface area contributed by atoms with E-state index in [9.17, 15) is 18.0 Å². The Labute approximate surface area is 106 Å². The Hall–Kier alpha value is -1.56. The first-order chi connectivity index (χ1) is 8.34. The summed E-state index contributed by atoms with van der Waals surface area (Å²) in [4.78, 5) is 14.4. The van der Waals surface area contributed by atoms with Crippen molar-refractivity contribution >= 4 is 23.6 Å². The van der Waals surface area contributed by atoms with Crippen LogP contribution in [0.4, 0.5) is 13.2 Å². The van der Waals surface area contributed by atoms with Gasteiger partial charge in [-0.3, -0.25) is 9.78 Å². The van der Waals surface area contributed by atoms with Gasteiger partial charge in [0, 0.05) is 6.20 Å². The fourth-order valence-corrected chi connectivity index (χ4v) is 1.31. The highest BCUT2D eigenvalue weighted by molar-refractivity contribution is 6.31. The number of rotatable bonds is 3. The monoisotopic (exact) mass is 279 g/mol. The van der Waals surface area contributed by atoms with E-state index in [1.165, 1.54) is 19.3 Å². The predicted molar refractivity (Wildman–Crippen MR) is 59.9 cm³/mol. The highest BCUT2D eigenvalue weighted by Crippen LogP contribution is 2.31. The normalized spacial score (nSPS) is 11.8. The summed E-state index contributed by atoms with van der Waals surface area (Å²) < 4.78 is 41.4. The Kier molecular flexibility index (Phi) is 4.72. The molecule has 0 aliphatic carbocycles. The number of carbonyl (C=O) groups is 1. The lowest BCUT2D eigenvalue weighted by molar-refractivity contribution is -0.139. The van der Waals surface area contributed by atoms with Crippen LogP contribution in [-0.4, -0.2) is 18.1 Å². The minimum Gasteiger partial charge on any atom is -0.469 e. The van der Waals surface area contributed by atoms with Gasteiger partial charge in [0.05, 0.1) is 29.8 Å². The van der Waals surface area contributed by atoms with Gasteiger partial charge in [-0.15, -0.1) is 0 Å². The third-order valence-corrected chi connectivity index (χ3v) is 2.29. The molecule has 0 amide bonds. The molecule has 1 aromatic rings. The Balaban J connectivity index is 2.84. The molecule has 3 nitrogen and oxygen atoms in total. The molecule has 7 heteroatoms. The van der Waals surface area contributed by atoms with Gasteiger partial charge >= 0.3 is 12.1 Å². The molecule has 0 spiro atoms. The lowest BCUT2D eigenvalue weighted by Gasteiger charge is -2.07. The molecule has 98 valence electrons. The summed E-state index contributed by atoms with van der Waals surface area (Å²) in [5.74, 6) is -0.464. The zero-order valence-corrected chi connectivity index (χ0v) is 10.0. The molecule has 0 saturated heterocycles. The maximum absolute atomic E-state index is 12.3. The quantitative estimate of drug-likeness (QED) is 0.797. The number of hydrogen-bond donors (Lipinski definition) is 0. The first kappa shape index (κ1) is 14.5. The van der Waals surface area contributed by atoms with Crippen molar-refractivity contribution in [3.8, 4) is 0 Å². The van der Waals surface area contributed by atoms with Crippen LogP contribution >= 0.6 is 11.6 Å². The number of aromatic nitrogens is 1. The van der Waals surface area contributed by atoms with Gasteiger partial charge in [-0.25, -0.2) is 0 Å². The minimum atomic E-state index is -4.48. The fraction of sp³-hybridized carbons (Fsp3) is 0.273. The van der Waals surface area contributed by atoms with E-state index < -0.39 is 17.7 Å². The van der Waals surface area contributed by atoms with Crippen molar-refractivity contribution in [2.24, 2.45) is 0 Å². The van der Waals surface area contributed by atoms with E-state index in [0.29, 0.717) is 6.20 Å². The van der Waals surface area contributed by atoms with Gasteiger partial charge in [0.25, 0.3) is 0 Å². The van der Waals surface area contributed by atoms with Crippen LogP contribution in [0.1, 0.15) is 17.7 Å². The third-order valence-electron chi connectivity index (χ3n) is 1.98. The zero-order valence-electron chi connectivity index (χ0n) is 9.29. The van der Waals surface area contributed by atoms with E-state index >= 15 is 0 Å². The van der Waals surface area contributed by atoms with E-state index in [2.05, 4.69) is 9.72 Å². The largest absolute Gasteiger partial charge is 0.469 e. The Morgan fingerprint density at radius 2 is 2.22 bits per heavy atom. The van der Waals surface area contributed by atoms with Crippen LogP contribution in [-0.2, 0) is 15.7 Å². The van der Waals surface area contributed by atoms with Gasteiger partial charge in [0.15, 0.2) is 0 Å². The highest BCUT2D eigenvalue weighted by atomic mass is 35.5. The average molecular weight is 280 g/mol. The highest BCUT2D eigenvalue weighted by Gasteiger charge is 2.31. The molecule has 1 rings (SSSR count). The lowest BCUT2D eigenvalue weighted by atomic mass is 10.2. The van der Waals surface area contributed by atoms with Crippen molar-refractivity contribution in [1.82, 2.24) is 4.98 Å². The number of methoxy groups -OCH3 is 1. The molecule has 0 unspecified atom stereocenters. The summed E-state index contributed by atoms with van der Waals surface area (Å²) in [6.45, 7) is 0. The summed E-state index contributed by atoms with van der Waals surface area (Å²) in [6.07, 6.45) is -1.03. The van der Waals surface area contributed by atoms with Gasteiger partial charge in [0.2, 0.25) is 0 Å². The molecule has 0 aromatic carbocycles. The molecular weight excluding hydrogens is 271 g/mol. The van der Waals surface area contributed by atoms with E-state index in [4.69, 9.17) is 11.6 Å². The van der Waals surface area contributed by atoms with Crippen molar-refractivity contribution in [2.45, 2.75) is 12.6 Å². The van der Waals surface area contributed by atoms with E-state index in [-0.39, 0.29) is 17.1 Å². The SMILES string of the molecule is COC(=O)CC=Cc1ncc(C(F)(F)F)cc1Cl. The van der Waals surface area contributed by atoms with E-state index in [0.717, 1.165) is 6.07 Å². The maximum atomic E-state index is 12.3. The van der Waals surface area contributed by atoms with Crippen molar-refractivity contribution in [1.29, 1.82) is 0 Å². The van der Waals surface area contributed by atoms with Gasteiger partial charge in [-0.1, -0.05) is 17.7 Å². The second-order valence-corrected chi connectivity index (χ2v) is 3.68. The van der Waals surface area contributed by atoms with Gasteiger partial charge < -0.3 is 4.74 Å². The van der Waals surface area contributed by atoms with Crippen LogP contribution in [0.3, 0.4) is 0 Å². The molecule has 1 aromatic heterocycles. The molecule has 0 aliphatic heterocycles. The van der Waals surface area contributed by atoms with Crippen molar-refractivity contribution < 1.29 is 22.7 Å². The molecule has 0 radical (unpaired) electrons. The summed E-state index contributed by atoms with van der Waals surface area (Å²) in [7, 11) is 1.24. The lowest BCUT2D eigenvalue weighted by Crippen LogP contribution is -2.05. The number of pyridine rings is 1. The number of carbonyl (C=O) groups excluding carboxylic acids is 1. The number of hydrogen-bond acceptors (Lipinski definition) is 3. The first-order valence-electron chi connectivity index (χ1n) is 4.80. The Bertz CT molecular complexity index is 472. The van der Waals surface area contributed by atoms with Crippen LogP contribution in [0.25, 0.3) is 6.08 Å². The Morgan fingerprint density at radius 3 is 2.72 bits per heavy atom. The van der Waals surface area contributed by atoms with Crippen LogP contribution < -0.4 is 0 Å². The zero-order chi connectivity index (χ0) is 13.8. The van der Waals surface area contributed by atoms with Crippen molar-refractivity contribution in [2.75, 3.05) is 7.11 Å². The minimum absolute atomic E-state index is 0.00443. The molecule has 1 heterocycles. The van der Waals surface area contributed by atoms with Crippen LogP contribution in [0.5, 0.6) is 0 Å². The average Bonchev–Trinajstić information content (AvgIpc) is 2.29. The Morgan fingerprint density at radius 1 is 1.56 bits per heavy atom. The smallest absolute Gasteiger partial charge is 0.417 e. The standard InChI is InChI=1S/C11H9ClF3NO2/c1-18-10(17)4-2-3-9-8(12)5-7(6-16-9)11(13,14)15/h2-3,5-6H,4H2,1H3. The molecule has 0 bridgehead atoms. The summed E-state index contributed by atoms with van der Waals surface area (Å²) in [5.41, 5.74) is -0.758. The number of nitrogens with zero attached hydrogens (tertiary/aromatic N) is 1. The predicted octanol–water partition coefficient (Wildman–Crippen LogP) is 3.33. The number of alkyl halides is 3. The van der Waals surface area contributed by atoms with Crippen LogP contribution in [0.2, 0.25) is 5.02 Å². The number of esters is 1. The topological polar surface area (TPSA) is 39.2 Å². The molecular formula is C11H9ClF3NO2. The molecule has 0 atom stereocenters. The van der Waals surface area contributed by atoms with Gasteiger partial charge in [0.1, 0.15) is 0 Å². The van der Waals surface area contributed by atoms with Gasteiger partial charge in [-0.2, -0.15) is 13.2 Å². The first-order valence-corrected chi connectivity index (χ1v) is 5.18. The summed E-state index contributed by atoms with van der Waals surface area (Å²) >= 11 is 5.65.